The molecule has 4 heterocycles. The van der Waals surface area contributed by atoms with Crippen LogP contribution in [-0.4, -0.2) is 19.1 Å². The molecule has 5 aromatic rings. The third kappa shape index (κ3) is 3.89. The molecule has 1 aromatic carbocycles. The normalized spacial score (nSPS) is 11.5. The number of unbranched alkanes of at least 4 members (excludes halogenated alkanes) is 1. The first-order valence-electron chi connectivity index (χ1n) is 10.8. The van der Waals surface area contributed by atoms with E-state index >= 15 is 0 Å². The Morgan fingerprint density at radius 3 is 2.62 bits per heavy atom. The molecule has 4 aromatic heterocycles. The zero-order chi connectivity index (χ0) is 23.8. The lowest BCUT2D eigenvalue weighted by Crippen LogP contribution is -2.31. The van der Waals surface area contributed by atoms with Crippen LogP contribution in [-0.2, 0) is 13.1 Å². The van der Waals surface area contributed by atoms with Crippen LogP contribution in [0.1, 0.15) is 25.5 Å². The second-order valence-electron chi connectivity index (χ2n) is 7.80. The Morgan fingerprint density at radius 2 is 1.85 bits per heavy atom. The molecule has 5 rings (SSSR count). The molecular formula is C24H20Cl2N4O4. The van der Waals surface area contributed by atoms with Gasteiger partial charge in [0.25, 0.3) is 5.56 Å². The largest absolute Gasteiger partial charge is 0.467 e. The van der Waals surface area contributed by atoms with Crippen molar-refractivity contribution in [1.82, 2.24) is 19.1 Å². The van der Waals surface area contributed by atoms with E-state index in [9.17, 15) is 9.59 Å². The van der Waals surface area contributed by atoms with Crippen LogP contribution in [0.15, 0.2) is 67.2 Å². The third-order valence-electron chi connectivity index (χ3n) is 5.56. The van der Waals surface area contributed by atoms with Crippen molar-refractivity contribution in [2.75, 3.05) is 0 Å². The topological polar surface area (TPSA) is 99.0 Å². The lowest BCUT2D eigenvalue weighted by molar-refractivity contribution is 0.495. The molecule has 0 spiro atoms. The van der Waals surface area contributed by atoms with E-state index in [1.54, 1.807) is 53.3 Å². The van der Waals surface area contributed by atoms with Crippen molar-refractivity contribution in [2.24, 2.45) is 0 Å². The number of furan rings is 2. The van der Waals surface area contributed by atoms with Gasteiger partial charge in [-0.05, 0) is 42.8 Å². The van der Waals surface area contributed by atoms with Crippen LogP contribution in [0.4, 0.5) is 0 Å². The van der Waals surface area contributed by atoms with Gasteiger partial charge in [0.1, 0.15) is 11.5 Å². The van der Waals surface area contributed by atoms with Crippen molar-refractivity contribution in [3.63, 3.8) is 0 Å². The highest BCUT2D eigenvalue weighted by Gasteiger charge is 2.23. The average molecular weight is 499 g/mol. The molecule has 1 N–H and O–H groups in total. The molecule has 0 amide bonds. The van der Waals surface area contributed by atoms with Gasteiger partial charge in [0.05, 0.1) is 22.9 Å². The number of aryl methyl sites for hydroxylation is 1. The number of benzene rings is 1. The van der Waals surface area contributed by atoms with Crippen LogP contribution in [0.2, 0.25) is 10.0 Å². The molecule has 0 aliphatic carbocycles. The van der Waals surface area contributed by atoms with E-state index in [-0.39, 0.29) is 12.1 Å². The predicted molar refractivity (Wildman–Crippen MR) is 130 cm³/mol. The molecule has 0 saturated carbocycles. The second-order valence-corrected chi connectivity index (χ2v) is 8.59. The molecule has 174 valence electrons. The van der Waals surface area contributed by atoms with Gasteiger partial charge < -0.3 is 13.4 Å². The van der Waals surface area contributed by atoms with E-state index in [4.69, 9.17) is 37.0 Å². The maximum Gasteiger partial charge on any atom is 0.330 e. The van der Waals surface area contributed by atoms with Crippen molar-refractivity contribution < 1.29 is 8.83 Å². The first-order chi connectivity index (χ1) is 16.5. The Bertz CT molecular complexity index is 1590. The summed E-state index contributed by atoms with van der Waals surface area (Å²) < 4.78 is 14.8. The molecule has 10 heteroatoms. The highest BCUT2D eigenvalue weighted by atomic mass is 35.5. The van der Waals surface area contributed by atoms with Crippen LogP contribution >= 0.6 is 23.2 Å². The minimum Gasteiger partial charge on any atom is -0.467 e. The number of aromatic nitrogens is 4. The minimum absolute atomic E-state index is 0.224. The van der Waals surface area contributed by atoms with Crippen molar-refractivity contribution in [2.45, 2.75) is 32.9 Å². The number of halogens is 2. The van der Waals surface area contributed by atoms with Crippen LogP contribution in [0.3, 0.4) is 0 Å². The number of imidazole rings is 1. The Morgan fingerprint density at radius 1 is 1.03 bits per heavy atom. The van der Waals surface area contributed by atoms with Gasteiger partial charge in [0, 0.05) is 12.1 Å². The van der Waals surface area contributed by atoms with Crippen molar-refractivity contribution >= 4 is 34.4 Å². The summed E-state index contributed by atoms with van der Waals surface area (Å²) in [7, 11) is 0. The van der Waals surface area contributed by atoms with Gasteiger partial charge in [-0.15, -0.1) is 0 Å². The van der Waals surface area contributed by atoms with Crippen LogP contribution in [0.5, 0.6) is 0 Å². The SMILES string of the molecule is CCCCn1c(=O)[nH]c(=O)c2c1nc(-c1ccc(-c3cccc(Cl)c3Cl)o1)n2Cc1ccco1. The number of rotatable bonds is 7. The molecule has 0 fully saturated rings. The van der Waals surface area contributed by atoms with E-state index in [0.29, 0.717) is 50.9 Å². The highest BCUT2D eigenvalue weighted by Crippen LogP contribution is 2.36. The van der Waals surface area contributed by atoms with Gasteiger partial charge in [0.2, 0.25) is 0 Å². The van der Waals surface area contributed by atoms with Crippen LogP contribution in [0, 0.1) is 0 Å². The molecule has 0 bridgehead atoms. The number of nitrogens with one attached hydrogen (secondary N) is 1. The summed E-state index contributed by atoms with van der Waals surface area (Å²) in [4.78, 5) is 32.6. The third-order valence-corrected chi connectivity index (χ3v) is 6.38. The second kappa shape index (κ2) is 9.04. The summed E-state index contributed by atoms with van der Waals surface area (Å²) in [5.74, 6) is 1.91. The zero-order valence-electron chi connectivity index (χ0n) is 18.2. The number of H-pyrrole nitrogens is 1. The fourth-order valence-electron chi connectivity index (χ4n) is 3.89. The first-order valence-corrected chi connectivity index (χ1v) is 11.5. The van der Waals surface area contributed by atoms with Gasteiger partial charge >= 0.3 is 5.69 Å². The maximum atomic E-state index is 12.9. The molecule has 8 nitrogen and oxygen atoms in total. The number of nitrogens with zero attached hydrogens (tertiary/aromatic N) is 3. The van der Waals surface area contributed by atoms with Gasteiger partial charge in [0.15, 0.2) is 22.7 Å². The van der Waals surface area contributed by atoms with Crippen molar-refractivity contribution in [3.05, 3.63) is 85.4 Å². The summed E-state index contributed by atoms with van der Waals surface area (Å²) in [6, 6.07) is 12.4. The van der Waals surface area contributed by atoms with E-state index in [1.807, 2.05) is 6.92 Å². The summed E-state index contributed by atoms with van der Waals surface area (Å²) >= 11 is 12.5. The van der Waals surface area contributed by atoms with Gasteiger partial charge in [-0.2, -0.15) is 0 Å². The number of aromatic amines is 1. The fraction of sp³-hybridized carbons (Fsp3) is 0.208. The molecule has 0 unspecified atom stereocenters. The quantitative estimate of drug-likeness (QED) is 0.316. The number of fused-ring (bicyclic) bond motifs is 1. The van der Waals surface area contributed by atoms with Gasteiger partial charge in [-0.3, -0.25) is 14.3 Å². The summed E-state index contributed by atoms with van der Waals surface area (Å²) in [5, 5.41) is 0.785. The Hall–Kier alpha value is -3.49. The molecule has 34 heavy (non-hydrogen) atoms. The van der Waals surface area contributed by atoms with Gasteiger partial charge in [-0.25, -0.2) is 9.78 Å². The Kier molecular flexibility index (Phi) is 5.93. The first kappa shape index (κ1) is 22.3. The smallest absolute Gasteiger partial charge is 0.330 e. The monoisotopic (exact) mass is 498 g/mol. The highest BCUT2D eigenvalue weighted by molar-refractivity contribution is 6.43. The Balaban J connectivity index is 1.72. The average Bonchev–Trinajstić information content (AvgIpc) is 3.56. The fourth-order valence-corrected chi connectivity index (χ4v) is 4.29. The molecule has 0 radical (unpaired) electrons. The summed E-state index contributed by atoms with van der Waals surface area (Å²) in [5.41, 5.74) is 0.170. The van der Waals surface area contributed by atoms with Crippen molar-refractivity contribution in [1.29, 1.82) is 0 Å². The number of hydrogen-bond donors (Lipinski definition) is 1. The zero-order valence-corrected chi connectivity index (χ0v) is 19.7. The molecular weight excluding hydrogens is 479 g/mol. The van der Waals surface area contributed by atoms with E-state index < -0.39 is 11.2 Å². The molecule has 0 aliphatic rings. The van der Waals surface area contributed by atoms with Gasteiger partial charge in [-0.1, -0.05) is 42.6 Å². The lowest BCUT2D eigenvalue weighted by atomic mass is 10.2. The number of hydrogen-bond acceptors (Lipinski definition) is 5. The predicted octanol–water partition coefficient (Wildman–Crippen LogP) is 5.56. The standard InChI is InChI=1S/C24H20Cl2N4O4/c1-2-3-11-29-22-20(23(31)28-24(29)32)30(13-14-6-5-12-33-14)21(27-22)18-10-9-17(34-18)15-7-4-8-16(25)19(15)26/h4-10,12H,2-3,11,13H2,1H3,(H,28,31,32). The summed E-state index contributed by atoms with van der Waals surface area (Å²) in [6.07, 6.45) is 3.20. The van der Waals surface area contributed by atoms with E-state index in [1.165, 1.54) is 4.57 Å². The minimum atomic E-state index is -0.525. The lowest BCUT2D eigenvalue weighted by Gasteiger charge is -2.07. The molecule has 0 aliphatic heterocycles. The molecule has 0 atom stereocenters. The maximum absolute atomic E-state index is 12.9. The van der Waals surface area contributed by atoms with Crippen LogP contribution < -0.4 is 11.2 Å². The Labute approximate surface area is 203 Å². The van der Waals surface area contributed by atoms with Crippen molar-refractivity contribution in [3.8, 4) is 22.9 Å². The van der Waals surface area contributed by atoms with Crippen LogP contribution in [0.25, 0.3) is 34.1 Å². The van der Waals surface area contributed by atoms with E-state index in [0.717, 1.165) is 12.8 Å². The summed E-state index contributed by atoms with van der Waals surface area (Å²) in [6.45, 7) is 2.68. The molecule has 0 saturated heterocycles. The van der Waals surface area contributed by atoms with E-state index in [2.05, 4.69) is 4.98 Å².